The molecule has 4 heteroatoms. The van der Waals surface area contributed by atoms with Gasteiger partial charge in [-0.3, -0.25) is 4.79 Å². The van der Waals surface area contributed by atoms with E-state index in [-0.39, 0.29) is 17.9 Å². The second kappa shape index (κ2) is 5.32. The number of carbonyl (C=O) groups is 1. The van der Waals surface area contributed by atoms with Gasteiger partial charge in [0.2, 0.25) is 5.91 Å². The van der Waals surface area contributed by atoms with Gasteiger partial charge >= 0.3 is 0 Å². The Kier molecular flexibility index (Phi) is 4.35. The normalized spacial score (nSPS) is 23.9. The molecule has 0 aromatic carbocycles. The zero-order valence-electron chi connectivity index (χ0n) is 9.25. The van der Waals surface area contributed by atoms with Gasteiger partial charge in [-0.2, -0.15) is 0 Å². The summed E-state index contributed by atoms with van der Waals surface area (Å²) >= 11 is 0. The monoisotopic (exact) mass is 200 g/mol. The number of hydrogen-bond donors (Lipinski definition) is 1. The van der Waals surface area contributed by atoms with Crippen LogP contribution in [-0.2, 0) is 9.53 Å². The fourth-order valence-electron chi connectivity index (χ4n) is 1.41. The van der Waals surface area contributed by atoms with Gasteiger partial charge in [0.1, 0.15) is 0 Å². The molecule has 0 spiro atoms. The van der Waals surface area contributed by atoms with Crippen molar-refractivity contribution in [2.45, 2.75) is 20.0 Å². The Balaban J connectivity index is 2.20. The van der Waals surface area contributed by atoms with E-state index in [1.165, 1.54) is 0 Å². The molecule has 0 bridgehead atoms. The van der Waals surface area contributed by atoms with E-state index in [1.807, 2.05) is 13.8 Å². The molecule has 0 aliphatic carbocycles. The van der Waals surface area contributed by atoms with Gasteiger partial charge < -0.3 is 15.0 Å². The minimum atomic E-state index is 0.0521. The van der Waals surface area contributed by atoms with E-state index in [0.717, 1.165) is 19.7 Å². The number of likely N-dealkylation sites (N-methyl/N-ethyl adjacent to an activating group) is 1. The van der Waals surface area contributed by atoms with Crippen molar-refractivity contribution in [1.29, 1.82) is 0 Å². The molecule has 1 atom stereocenters. The smallest absolute Gasteiger partial charge is 0.222 e. The highest BCUT2D eigenvalue weighted by atomic mass is 16.5. The molecule has 1 aliphatic heterocycles. The van der Waals surface area contributed by atoms with Crippen LogP contribution in [0, 0.1) is 5.92 Å². The van der Waals surface area contributed by atoms with E-state index in [9.17, 15) is 4.79 Å². The SMILES string of the molecule is CC(C)C(=O)NC[C@H]1CN(C)CCO1. The van der Waals surface area contributed by atoms with E-state index >= 15 is 0 Å². The molecule has 4 nitrogen and oxygen atoms in total. The lowest BCUT2D eigenvalue weighted by Crippen LogP contribution is -2.46. The maximum atomic E-state index is 11.3. The van der Waals surface area contributed by atoms with Gasteiger partial charge in [-0.1, -0.05) is 13.8 Å². The van der Waals surface area contributed by atoms with Crippen LogP contribution in [0.1, 0.15) is 13.8 Å². The summed E-state index contributed by atoms with van der Waals surface area (Å²) < 4.78 is 5.52. The summed E-state index contributed by atoms with van der Waals surface area (Å²) in [5.74, 6) is 0.151. The van der Waals surface area contributed by atoms with Crippen molar-refractivity contribution < 1.29 is 9.53 Å². The minimum absolute atomic E-state index is 0.0521. The highest BCUT2D eigenvalue weighted by Gasteiger charge is 2.18. The first kappa shape index (κ1) is 11.5. The Labute approximate surface area is 85.6 Å². The summed E-state index contributed by atoms with van der Waals surface area (Å²) in [7, 11) is 2.07. The molecule has 1 N–H and O–H groups in total. The largest absolute Gasteiger partial charge is 0.374 e. The second-order valence-electron chi connectivity index (χ2n) is 4.15. The number of nitrogens with zero attached hydrogens (tertiary/aromatic N) is 1. The summed E-state index contributed by atoms with van der Waals surface area (Å²) in [5, 5.41) is 2.88. The molecule has 0 aromatic rings. The van der Waals surface area contributed by atoms with Crippen molar-refractivity contribution in [3.8, 4) is 0 Å². The van der Waals surface area contributed by atoms with Gasteiger partial charge in [0.25, 0.3) is 0 Å². The first-order valence-corrected chi connectivity index (χ1v) is 5.17. The Morgan fingerprint density at radius 1 is 1.64 bits per heavy atom. The van der Waals surface area contributed by atoms with Crippen molar-refractivity contribution in [3.63, 3.8) is 0 Å². The lowest BCUT2D eigenvalue weighted by Gasteiger charge is -2.30. The molecule has 1 heterocycles. The molecule has 14 heavy (non-hydrogen) atoms. The summed E-state index contributed by atoms with van der Waals surface area (Å²) in [6, 6.07) is 0. The van der Waals surface area contributed by atoms with Crippen LogP contribution in [0.4, 0.5) is 0 Å². The third-order valence-corrected chi connectivity index (χ3v) is 2.37. The van der Waals surface area contributed by atoms with Crippen LogP contribution < -0.4 is 5.32 Å². The highest BCUT2D eigenvalue weighted by Crippen LogP contribution is 2.02. The highest BCUT2D eigenvalue weighted by molar-refractivity contribution is 5.77. The van der Waals surface area contributed by atoms with Gasteiger partial charge in [-0.25, -0.2) is 0 Å². The van der Waals surface area contributed by atoms with Crippen LogP contribution >= 0.6 is 0 Å². The second-order valence-corrected chi connectivity index (χ2v) is 4.15. The molecule has 0 unspecified atom stereocenters. The third kappa shape index (κ3) is 3.64. The Morgan fingerprint density at radius 3 is 2.93 bits per heavy atom. The maximum Gasteiger partial charge on any atom is 0.222 e. The quantitative estimate of drug-likeness (QED) is 0.702. The van der Waals surface area contributed by atoms with Crippen LogP contribution in [0.5, 0.6) is 0 Å². The van der Waals surface area contributed by atoms with Crippen LogP contribution in [-0.4, -0.2) is 50.2 Å². The molecule has 1 amide bonds. The summed E-state index contributed by atoms with van der Waals surface area (Å²) in [6.45, 7) is 7.06. The first-order valence-electron chi connectivity index (χ1n) is 5.17. The third-order valence-electron chi connectivity index (χ3n) is 2.37. The van der Waals surface area contributed by atoms with Crippen molar-refractivity contribution >= 4 is 5.91 Å². The molecule has 1 aliphatic rings. The molecular formula is C10H20N2O2. The van der Waals surface area contributed by atoms with Crippen LogP contribution in [0.3, 0.4) is 0 Å². The minimum Gasteiger partial charge on any atom is -0.374 e. The van der Waals surface area contributed by atoms with Crippen molar-refractivity contribution in [1.82, 2.24) is 10.2 Å². The molecule has 0 saturated carbocycles. The Hall–Kier alpha value is -0.610. The molecule has 0 aromatic heterocycles. The molecular weight excluding hydrogens is 180 g/mol. The summed E-state index contributed by atoms with van der Waals surface area (Å²) in [4.78, 5) is 13.5. The van der Waals surface area contributed by atoms with E-state index in [2.05, 4.69) is 17.3 Å². The van der Waals surface area contributed by atoms with Gasteiger partial charge in [0.15, 0.2) is 0 Å². The van der Waals surface area contributed by atoms with E-state index < -0.39 is 0 Å². The van der Waals surface area contributed by atoms with Crippen molar-refractivity contribution in [3.05, 3.63) is 0 Å². The van der Waals surface area contributed by atoms with E-state index in [0.29, 0.717) is 6.54 Å². The number of nitrogens with one attached hydrogen (secondary N) is 1. The van der Waals surface area contributed by atoms with E-state index in [1.54, 1.807) is 0 Å². The number of morpholine rings is 1. The fourth-order valence-corrected chi connectivity index (χ4v) is 1.41. The fraction of sp³-hybridized carbons (Fsp3) is 0.900. The van der Waals surface area contributed by atoms with Crippen LogP contribution in [0.25, 0.3) is 0 Å². The average molecular weight is 200 g/mol. The standard InChI is InChI=1S/C10H20N2O2/c1-8(2)10(13)11-6-9-7-12(3)4-5-14-9/h8-9H,4-7H2,1-3H3,(H,11,13)/t9-/m0/s1. The molecule has 0 radical (unpaired) electrons. The number of carbonyl (C=O) groups excluding carboxylic acids is 1. The summed E-state index contributed by atoms with van der Waals surface area (Å²) in [5.41, 5.74) is 0. The number of rotatable bonds is 3. The number of hydrogen-bond acceptors (Lipinski definition) is 3. The topological polar surface area (TPSA) is 41.6 Å². The van der Waals surface area contributed by atoms with E-state index in [4.69, 9.17) is 4.74 Å². The van der Waals surface area contributed by atoms with Crippen molar-refractivity contribution in [2.24, 2.45) is 5.92 Å². The predicted molar refractivity (Wildman–Crippen MR) is 55.1 cm³/mol. The zero-order valence-corrected chi connectivity index (χ0v) is 9.25. The van der Waals surface area contributed by atoms with Crippen LogP contribution in [0.15, 0.2) is 0 Å². The molecule has 82 valence electrons. The Morgan fingerprint density at radius 2 is 2.36 bits per heavy atom. The van der Waals surface area contributed by atoms with Gasteiger partial charge in [0, 0.05) is 25.6 Å². The molecule has 1 rings (SSSR count). The molecule has 1 fully saturated rings. The number of ether oxygens (including phenoxy) is 1. The van der Waals surface area contributed by atoms with Crippen molar-refractivity contribution in [2.75, 3.05) is 33.3 Å². The number of amides is 1. The maximum absolute atomic E-state index is 11.3. The zero-order chi connectivity index (χ0) is 10.6. The van der Waals surface area contributed by atoms with Gasteiger partial charge in [-0.15, -0.1) is 0 Å². The first-order chi connectivity index (χ1) is 6.59. The van der Waals surface area contributed by atoms with Gasteiger partial charge in [-0.05, 0) is 7.05 Å². The average Bonchev–Trinajstić information content (AvgIpc) is 2.14. The summed E-state index contributed by atoms with van der Waals surface area (Å²) in [6.07, 6.45) is 0.149. The lowest BCUT2D eigenvalue weighted by atomic mass is 10.2. The predicted octanol–water partition coefficient (Wildman–Crippen LogP) is 0.0892. The Bertz CT molecular complexity index is 195. The molecule has 1 saturated heterocycles. The lowest BCUT2D eigenvalue weighted by molar-refractivity contribution is -0.125. The van der Waals surface area contributed by atoms with Crippen LogP contribution in [0.2, 0.25) is 0 Å². The van der Waals surface area contributed by atoms with Gasteiger partial charge in [0.05, 0.1) is 12.7 Å².